The van der Waals surface area contributed by atoms with Gasteiger partial charge in [0.05, 0.1) is 36.2 Å². The number of fused-ring (bicyclic) bond motifs is 1. The number of nitrogens with zero attached hydrogens (tertiary/aromatic N) is 3. The number of carbonyl (C=O) groups excluding carboxylic acids is 1. The molecule has 0 unspecified atom stereocenters. The predicted molar refractivity (Wildman–Crippen MR) is 208 cm³/mol. The Morgan fingerprint density at radius 1 is 0.925 bits per heavy atom. The molecule has 274 valence electrons. The second kappa shape index (κ2) is 14.2. The first kappa shape index (κ1) is 36.5. The molecule has 0 saturated carbocycles. The Balaban J connectivity index is 1.42. The van der Waals surface area contributed by atoms with E-state index in [1.165, 1.54) is 23.8 Å². The van der Waals surface area contributed by atoms with Gasteiger partial charge < -0.3 is 18.3 Å². The molecule has 0 bridgehead atoms. The van der Waals surface area contributed by atoms with Gasteiger partial charge in [0.2, 0.25) is 5.89 Å². The molecule has 7 rings (SSSR count). The summed E-state index contributed by atoms with van der Waals surface area (Å²) in [6.45, 7) is 12.1. The molecule has 1 fully saturated rings. The lowest BCUT2D eigenvalue weighted by atomic mass is 10.1. The maximum atomic E-state index is 15.0. The molecule has 53 heavy (non-hydrogen) atoms. The molecule has 1 aliphatic heterocycles. The van der Waals surface area contributed by atoms with Crippen molar-refractivity contribution < 1.29 is 23.1 Å². The van der Waals surface area contributed by atoms with E-state index < -0.39 is 42.2 Å². The first-order valence-corrected chi connectivity index (χ1v) is 20.4. The molecule has 10 nitrogen and oxygen atoms in total. The van der Waals surface area contributed by atoms with Crippen LogP contribution >= 0.6 is 11.3 Å². The average Bonchev–Trinajstić information content (AvgIpc) is 3.78. The van der Waals surface area contributed by atoms with Gasteiger partial charge in [0, 0.05) is 0 Å². The van der Waals surface area contributed by atoms with Gasteiger partial charge in [-0.3, -0.25) is 14.2 Å². The molecule has 1 saturated heterocycles. The smallest absolute Gasteiger partial charge is 0.333 e. The summed E-state index contributed by atoms with van der Waals surface area (Å²) < 4.78 is 27.1. The van der Waals surface area contributed by atoms with Gasteiger partial charge in [-0.2, -0.15) is 0 Å². The minimum Gasteiger partial charge on any atom is -0.508 e. The second-order valence-electron chi connectivity index (χ2n) is 14.9. The largest absolute Gasteiger partial charge is 0.508 e. The van der Waals surface area contributed by atoms with Crippen molar-refractivity contribution in [2.24, 2.45) is 0 Å². The van der Waals surface area contributed by atoms with Crippen LogP contribution < -0.4 is 21.6 Å². The van der Waals surface area contributed by atoms with Crippen LogP contribution in [0.4, 0.5) is 0 Å². The number of thiophene rings is 1. The highest BCUT2D eigenvalue weighted by Crippen LogP contribution is 2.39. The van der Waals surface area contributed by atoms with E-state index in [4.69, 9.17) is 18.3 Å². The molecular weight excluding hydrogens is 707 g/mol. The third kappa shape index (κ3) is 6.43. The molecule has 6 aromatic rings. The Labute approximate surface area is 312 Å². The molecule has 3 aromatic heterocycles. The van der Waals surface area contributed by atoms with Crippen molar-refractivity contribution in [1.82, 2.24) is 14.1 Å². The second-order valence-corrected chi connectivity index (χ2v) is 20.1. The molecular formula is C41H43N3O7SSi. The van der Waals surface area contributed by atoms with Crippen LogP contribution in [0.5, 0.6) is 0 Å². The molecule has 4 heterocycles. The maximum absolute atomic E-state index is 15.0. The first-order valence-electron chi connectivity index (χ1n) is 17.7. The highest BCUT2D eigenvalue weighted by atomic mass is 32.1. The van der Waals surface area contributed by atoms with Gasteiger partial charge in [0.25, 0.3) is 5.56 Å². The summed E-state index contributed by atoms with van der Waals surface area (Å²) in [5, 5.41) is 1.56. The lowest BCUT2D eigenvalue weighted by Gasteiger charge is -2.43. The minimum atomic E-state index is -3.41. The summed E-state index contributed by atoms with van der Waals surface area (Å²) in [4.78, 5) is 50.2. The van der Waals surface area contributed by atoms with Crippen molar-refractivity contribution in [2.45, 2.75) is 70.9 Å². The fourth-order valence-corrected chi connectivity index (χ4v) is 12.8. The van der Waals surface area contributed by atoms with Gasteiger partial charge in [0.15, 0.2) is 0 Å². The average molecular weight is 750 g/mol. The Morgan fingerprint density at radius 3 is 2.02 bits per heavy atom. The molecule has 0 spiro atoms. The summed E-state index contributed by atoms with van der Waals surface area (Å²) in [5.41, 5.74) is -1.52. The number of hydrogen-bond acceptors (Lipinski definition) is 9. The van der Waals surface area contributed by atoms with Gasteiger partial charge in [0.1, 0.15) is 28.8 Å². The topological polar surface area (TPSA) is 115 Å². The summed E-state index contributed by atoms with van der Waals surface area (Å²) in [6.07, 6.45) is 2.29. The SMILES string of the molecule is Cc1c(-c2ncco2)sc2c1c(=O)n(C(C)(C)C(=O)O[Si](c1ccccc1)(c1ccccc1)C(C)(C)C)c(=O)n2C[C@H](OC1COC1)c1ccccc1. The van der Waals surface area contributed by atoms with Crippen LogP contribution in [0.3, 0.4) is 0 Å². The number of carbonyl (C=O) groups is 1. The monoisotopic (exact) mass is 749 g/mol. The molecule has 12 heteroatoms. The minimum absolute atomic E-state index is 0.0704. The van der Waals surface area contributed by atoms with Crippen molar-refractivity contribution in [1.29, 1.82) is 0 Å². The number of hydrogen-bond donors (Lipinski definition) is 0. The lowest BCUT2D eigenvalue weighted by Crippen LogP contribution is -2.69. The summed E-state index contributed by atoms with van der Waals surface area (Å²) >= 11 is 1.25. The normalized spacial score (nSPS) is 14.6. The highest BCUT2D eigenvalue weighted by molar-refractivity contribution is 7.22. The van der Waals surface area contributed by atoms with Crippen LogP contribution in [-0.4, -0.2) is 47.7 Å². The zero-order chi connectivity index (χ0) is 37.5. The van der Waals surface area contributed by atoms with Crippen molar-refractivity contribution in [3.05, 3.63) is 135 Å². The zero-order valence-electron chi connectivity index (χ0n) is 30.7. The third-order valence-corrected chi connectivity index (χ3v) is 16.2. The molecule has 1 aliphatic rings. The number of rotatable bonds is 11. The van der Waals surface area contributed by atoms with E-state index >= 15 is 4.79 Å². The van der Waals surface area contributed by atoms with E-state index in [0.717, 1.165) is 20.5 Å². The number of ether oxygens (including phenoxy) is 2. The maximum Gasteiger partial charge on any atom is 0.333 e. The van der Waals surface area contributed by atoms with Gasteiger partial charge in [-0.1, -0.05) is 112 Å². The first-order chi connectivity index (χ1) is 25.3. The van der Waals surface area contributed by atoms with E-state index in [-0.39, 0.29) is 12.6 Å². The van der Waals surface area contributed by atoms with E-state index in [9.17, 15) is 9.59 Å². The zero-order valence-corrected chi connectivity index (χ0v) is 32.5. The summed E-state index contributed by atoms with van der Waals surface area (Å²) in [7, 11) is -3.41. The molecule has 0 N–H and O–H groups in total. The van der Waals surface area contributed by atoms with Crippen LogP contribution in [0.1, 0.15) is 51.8 Å². The van der Waals surface area contributed by atoms with Crippen molar-refractivity contribution in [2.75, 3.05) is 13.2 Å². The van der Waals surface area contributed by atoms with Crippen molar-refractivity contribution >= 4 is 46.2 Å². The molecule has 3 aromatic carbocycles. The standard InChI is InChI=1S/C41H43N3O7SSi/c1-27-33-36(45)44(41(5,6)38(46)51-53(40(2,3)4,30-18-12-8-13-19-30)31-20-14-9-15-21-31)39(47)43(37(33)52-34(27)35-42-22-23-49-35)24-32(50-29-25-48-26-29)28-16-10-7-11-17-28/h7-23,29,32H,24-26H2,1-6H3/t32-/m0/s1. The number of benzene rings is 3. The Kier molecular flexibility index (Phi) is 9.75. The van der Waals surface area contributed by atoms with Crippen LogP contribution in [0, 0.1) is 6.92 Å². The Morgan fingerprint density at radius 2 is 1.51 bits per heavy atom. The van der Waals surface area contributed by atoms with E-state index in [0.29, 0.717) is 39.8 Å². The number of aromatic nitrogens is 3. The Hall–Kier alpha value is -4.88. The van der Waals surface area contributed by atoms with Gasteiger partial charge in [-0.15, -0.1) is 11.3 Å². The van der Waals surface area contributed by atoms with Crippen LogP contribution in [0.25, 0.3) is 21.0 Å². The van der Waals surface area contributed by atoms with Gasteiger partial charge in [-0.05, 0) is 47.3 Å². The fourth-order valence-electron chi connectivity index (χ4n) is 7.13. The van der Waals surface area contributed by atoms with Crippen LogP contribution in [0.15, 0.2) is 117 Å². The van der Waals surface area contributed by atoms with E-state index in [2.05, 4.69) is 25.8 Å². The summed E-state index contributed by atoms with van der Waals surface area (Å²) in [6, 6.07) is 29.2. The number of oxazole rings is 1. The predicted octanol–water partition coefficient (Wildman–Crippen LogP) is 6.18. The van der Waals surface area contributed by atoms with E-state index in [1.54, 1.807) is 18.4 Å². The summed E-state index contributed by atoms with van der Waals surface area (Å²) in [5.74, 6) is -0.346. The molecule has 1 atom stereocenters. The highest BCUT2D eigenvalue weighted by Gasteiger charge is 2.55. The lowest BCUT2D eigenvalue weighted by molar-refractivity contribution is -0.159. The number of aryl methyl sites for hydroxylation is 1. The molecule has 0 aliphatic carbocycles. The molecule has 0 radical (unpaired) electrons. The van der Waals surface area contributed by atoms with Gasteiger partial charge in [-0.25, -0.2) is 14.3 Å². The van der Waals surface area contributed by atoms with E-state index in [1.807, 2.05) is 97.9 Å². The quantitative estimate of drug-likeness (QED) is 0.144. The van der Waals surface area contributed by atoms with Crippen LogP contribution in [-0.2, 0) is 30.8 Å². The molecule has 0 amide bonds. The van der Waals surface area contributed by atoms with Gasteiger partial charge >= 0.3 is 20.0 Å². The van der Waals surface area contributed by atoms with Crippen molar-refractivity contribution in [3.63, 3.8) is 0 Å². The fraction of sp³-hybridized carbons (Fsp3) is 0.317. The third-order valence-electron chi connectivity index (χ3n) is 10.0. The van der Waals surface area contributed by atoms with Crippen LogP contribution in [0.2, 0.25) is 5.04 Å². The van der Waals surface area contributed by atoms with Crippen molar-refractivity contribution in [3.8, 4) is 10.8 Å². The Bertz CT molecular complexity index is 2300.